The molecule has 4 heteroatoms. The summed E-state index contributed by atoms with van der Waals surface area (Å²) in [5, 5.41) is 9.67. The number of aromatic nitrogens is 1. The number of pyridine rings is 1. The number of halogens is 1. The average Bonchev–Trinajstić information content (AvgIpc) is 2.30. The number of nitrogens with zero attached hydrogens (tertiary/aromatic N) is 2. The first-order chi connectivity index (χ1) is 7.33. The van der Waals surface area contributed by atoms with Crippen molar-refractivity contribution in [3.05, 3.63) is 23.0 Å². The second kappa shape index (κ2) is 4.81. The Bertz CT molecular complexity index is 337. The van der Waals surface area contributed by atoms with E-state index in [2.05, 4.69) is 9.88 Å². The van der Waals surface area contributed by atoms with Crippen LogP contribution in [0.25, 0.3) is 0 Å². The van der Waals surface area contributed by atoms with Crippen molar-refractivity contribution in [3.8, 4) is 0 Å². The van der Waals surface area contributed by atoms with Gasteiger partial charge in [0.05, 0.1) is 23.0 Å². The fourth-order valence-corrected chi connectivity index (χ4v) is 2.26. The van der Waals surface area contributed by atoms with E-state index in [1.807, 2.05) is 6.07 Å². The summed E-state index contributed by atoms with van der Waals surface area (Å²) >= 11 is 6.18. The maximum Gasteiger partial charge on any atom is 0.0878 e. The van der Waals surface area contributed by atoms with Gasteiger partial charge in [-0.25, -0.2) is 0 Å². The van der Waals surface area contributed by atoms with Crippen LogP contribution in [0.3, 0.4) is 0 Å². The van der Waals surface area contributed by atoms with Crippen LogP contribution in [-0.4, -0.2) is 23.2 Å². The van der Waals surface area contributed by atoms with Crippen LogP contribution in [0.1, 0.15) is 25.0 Å². The van der Waals surface area contributed by atoms with Gasteiger partial charge in [-0.15, -0.1) is 0 Å². The molecule has 0 saturated carbocycles. The summed E-state index contributed by atoms with van der Waals surface area (Å²) in [6.45, 7) is 2.00. The molecule has 3 nitrogen and oxygen atoms in total. The Labute approximate surface area is 94.7 Å². The monoisotopic (exact) mass is 226 g/mol. The van der Waals surface area contributed by atoms with Crippen molar-refractivity contribution >= 4 is 17.3 Å². The van der Waals surface area contributed by atoms with Gasteiger partial charge in [0.25, 0.3) is 0 Å². The summed E-state index contributed by atoms with van der Waals surface area (Å²) in [4.78, 5) is 6.31. The summed E-state index contributed by atoms with van der Waals surface area (Å²) < 4.78 is 0. The maximum atomic E-state index is 9.08. The first-order valence-electron chi connectivity index (χ1n) is 5.32. The summed E-state index contributed by atoms with van der Waals surface area (Å²) in [6.07, 6.45) is 5.44. The SMILES string of the molecule is OCc1nccc(N2CCCCC2)c1Cl. The molecule has 2 rings (SSSR count). The fraction of sp³-hybridized carbons (Fsp3) is 0.545. The third kappa shape index (κ3) is 2.24. The van der Waals surface area contributed by atoms with Crippen molar-refractivity contribution in [2.75, 3.05) is 18.0 Å². The highest BCUT2D eigenvalue weighted by molar-refractivity contribution is 6.33. The fourth-order valence-electron chi connectivity index (χ4n) is 1.96. The number of aliphatic hydroxyl groups is 1. The van der Waals surface area contributed by atoms with Gasteiger partial charge < -0.3 is 10.0 Å². The second-order valence-electron chi connectivity index (χ2n) is 3.80. The molecule has 15 heavy (non-hydrogen) atoms. The summed E-state index contributed by atoms with van der Waals surface area (Å²) in [6, 6.07) is 1.92. The van der Waals surface area contributed by atoms with E-state index in [0.29, 0.717) is 10.7 Å². The minimum absolute atomic E-state index is 0.0967. The zero-order chi connectivity index (χ0) is 10.7. The standard InChI is InChI=1S/C11H15ClN2O/c12-11-9(8-15)13-5-4-10(11)14-6-2-1-3-7-14/h4-5,15H,1-3,6-8H2. The molecule has 1 saturated heterocycles. The molecule has 1 aliphatic heterocycles. The molecule has 1 N–H and O–H groups in total. The largest absolute Gasteiger partial charge is 0.390 e. The molecule has 1 fully saturated rings. The highest BCUT2D eigenvalue weighted by Crippen LogP contribution is 2.29. The summed E-state index contributed by atoms with van der Waals surface area (Å²) in [5.74, 6) is 0. The van der Waals surface area contributed by atoms with Crippen molar-refractivity contribution in [2.45, 2.75) is 25.9 Å². The minimum Gasteiger partial charge on any atom is -0.390 e. The molecule has 0 aliphatic carbocycles. The van der Waals surface area contributed by atoms with Crippen LogP contribution >= 0.6 is 11.6 Å². The number of hydrogen-bond acceptors (Lipinski definition) is 3. The average molecular weight is 227 g/mol. The zero-order valence-electron chi connectivity index (χ0n) is 8.62. The lowest BCUT2D eigenvalue weighted by atomic mass is 10.1. The van der Waals surface area contributed by atoms with Crippen molar-refractivity contribution in [2.24, 2.45) is 0 Å². The van der Waals surface area contributed by atoms with Crippen LogP contribution in [0, 0.1) is 0 Å². The van der Waals surface area contributed by atoms with Gasteiger partial charge in [-0.05, 0) is 25.3 Å². The van der Waals surface area contributed by atoms with Crippen LogP contribution in [-0.2, 0) is 6.61 Å². The van der Waals surface area contributed by atoms with Gasteiger partial charge in [0.2, 0.25) is 0 Å². The molecule has 0 amide bonds. The Morgan fingerprint density at radius 2 is 2.07 bits per heavy atom. The maximum absolute atomic E-state index is 9.08. The molecule has 0 unspecified atom stereocenters. The normalized spacial score (nSPS) is 16.8. The predicted molar refractivity (Wildman–Crippen MR) is 61.2 cm³/mol. The van der Waals surface area contributed by atoms with Gasteiger partial charge in [-0.2, -0.15) is 0 Å². The van der Waals surface area contributed by atoms with E-state index in [1.54, 1.807) is 6.20 Å². The highest BCUT2D eigenvalue weighted by atomic mass is 35.5. The second-order valence-corrected chi connectivity index (χ2v) is 4.17. The molecule has 1 aromatic rings. The lowest BCUT2D eigenvalue weighted by Crippen LogP contribution is -2.29. The van der Waals surface area contributed by atoms with Crippen LogP contribution < -0.4 is 4.90 Å². The van der Waals surface area contributed by atoms with Crippen LogP contribution in [0.2, 0.25) is 5.02 Å². The third-order valence-electron chi connectivity index (χ3n) is 2.79. The van der Waals surface area contributed by atoms with E-state index in [9.17, 15) is 0 Å². The molecule has 82 valence electrons. The lowest BCUT2D eigenvalue weighted by Gasteiger charge is -2.29. The zero-order valence-corrected chi connectivity index (χ0v) is 9.37. The van der Waals surface area contributed by atoms with Gasteiger partial charge in [-0.3, -0.25) is 4.98 Å². The number of aliphatic hydroxyl groups excluding tert-OH is 1. The van der Waals surface area contributed by atoms with E-state index in [0.717, 1.165) is 18.8 Å². The number of anilines is 1. The van der Waals surface area contributed by atoms with E-state index in [4.69, 9.17) is 16.7 Å². The van der Waals surface area contributed by atoms with E-state index in [1.165, 1.54) is 19.3 Å². The van der Waals surface area contributed by atoms with Crippen molar-refractivity contribution in [3.63, 3.8) is 0 Å². The Hall–Kier alpha value is -0.800. The Kier molecular flexibility index (Phi) is 3.44. The van der Waals surface area contributed by atoms with Crippen LogP contribution in [0.15, 0.2) is 12.3 Å². The van der Waals surface area contributed by atoms with E-state index < -0.39 is 0 Å². The Morgan fingerprint density at radius 1 is 1.33 bits per heavy atom. The molecule has 0 aromatic carbocycles. The Balaban J connectivity index is 2.26. The Morgan fingerprint density at radius 3 is 2.73 bits per heavy atom. The third-order valence-corrected chi connectivity index (χ3v) is 3.20. The van der Waals surface area contributed by atoms with Crippen LogP contribution in [0.4, 0.5) is 5.69 Å². The van der Waals surface area contributed by atoms with Gasteiger partial charge in [-0.1, -0.05) is 11.6 Å². The topological polar surface area (TPSA) is 36.4 Å². The smallest absolute Gasteiger partial charge is 0.0878 e. The molecular weight excluding hydrogens is 212 g/mol. The van der Waals surface area contributed by atoms with Gasteiger partial charge in [0.15, 0.2) is 0 Å². The number of hydrogen-bond donors (Lipinski definition) is 1. The van der Waals surface area contributed by atoms with Crippen molar-refractivity contribution in [1.82, 2.24) is 4.98 Å². The molecule has 0 radical (unpaired) electrons. The number of piperidine rings is 1. The van der Waals surface area contributed by atoms with Crippen molar-refractivity contribution in [1.29, 1.82) is 0 Å². The van der Waals surface area contributed by atoms with E-state index in [-0.39, 0.29) is 6.61 Å². The molecule has 1 aromatic heterocycles. The van der Waals surface area contributed by atoms with Gasteiger partial charge >= 0.3 is 0 Å². The van der Waals surface area contributed by atoms with E-state index >= 15 is 0 Å². The lowest BCUT2D eigenvalue weighted by molar-refractivity contribution is 0.277. The van der Waals surface area contributed by atoms with Crippen LogP contribution in [0.5, 0.6) is 0 Å². The first-order valence-corrected chi connectivity index (χ1v) is 5.70. The summed E-state index contributed by atoms with van der Waals surface area (Å²) in [5.41, 5.74) is 1.58. The van der Waals surface area contributed by atoms with Gasteiger partial charge in [0, 0.05) is 19.3 Å². The molecule has 0 spiro atoms. The molecule has 0 bridgehead atoms. The predicted octanol–water partition coefficient (Wildman–Crippen LogP) is 2.22. The molecule has 2 heterocycles. The molecule has 1 aliphatic rings. The first kappa shape index (κ1) is 10.7. The highest BCUT2D eigenvalue weighted by Gasteiger charge is 2.15. The molecular formula is C11H15ClN2O. The van der Waals surface area contributed by atoms with Crippen molar-refractivity contribution < 1.29 is 5.11 Å². The minimum atomic E-state index is -0.0967. The number of rotatable bonds is 2. The van der Waals surface area contributed by atoms with Gasteiger partial charge in [0.1, 0.15) is 0 Å². The summed E-state index contributed by atoms with van der Waals surface area (Å²) in [7, 11) is 0. The molecule has 0 atom stereocenters. The quantitative estimate of drug-likeness (QED) is 0.840.